The van der Waals surface area contributed by atoms with Gasteiger partial charge in [0.15, 0.2) is 5.52 Å². The van der Waals surface area contributed by atoms with E-state index in [9.17, 15) is 4.79 Å². The van der Waals surface area contributed by atoms with Crippen molar-refractivity contribution in [2.45, 2.75) is 27.7 Å². The van der Waals surface area contributed by atoms with Crippen molar-refractivity contribution in [2.75, 3.05) is 13.2 Å². The van der Waals surface area contributed by atoms with E-state index in [-0.39, 0.29) is 34.4 Å². The van der Waals surface area contributed by atoms with Gasteiger partial charge in [-0.2, -0.15) is 0 Å². The molecule has 0 radical (unpaired) electrons. The Bertz CT molecular complexity index is 684. The van der Waals surface area contributed by atoms with Gasteiger partial charge >= 0.3 is 18.9 Å². The molecule has 0 bridgehead atoms. The Labute approximate surface area is 159 Å². The van der Waals surface area contributed by atoms with Crippen molar-refractivity contribution < 1.29 is 34.6 Å². The molecule has 0 amide bonds. The molecular weight excluding hydrogens is 314 g/mol. The minimum Gasteiger partial charge on any atom is -1.00 e. The first-order valence-electron chi connectivity index (χ1n) is 7.84. The molecular formula is C19H24LiO3P. The smallest absolute Gasteiger partial charge is 1.00 e. The molecule has 0 spiro atoms. The summed E-state index contributed by atoms with van der Waals surface area (Å²) in [5.41, 5.74) is 2.84. The third kappa shape index (κ3) is 5.12. The van der Waals surface area contributed by atoms with E-state index >= 15 is 0 Å². The van der Waals surface area contributed by atoms with Crippen molar-refractivity contribution in [1.82, 2.24) is 0 Å². The summed E-state index contributed by atoms with van der Waals surface area (Å²) in [5, 5.41) is 0.951. The number of para-hydroxylation sites is 1. The second-order valence-corrected chi connectivity index (χ2v) is 6.49. The van der Waals surface area contributed by atoms with Gasteiger partial charge in [0.25, 0.3) is 0 Å². The summed E-state index contributed by atoms with van der Waals surface area (Å²) >= 11 is 0. The minimum atomic E-state index is 0. The maximum Gasteiger partial charge on any atom is 1.00 e. The van der Waals surface area contributed by atoms with Gasteiger partial charge in [0.2, 0.25) is 0 Å². The molecule has 2 aromatic carbocycles. The Morgan fingerprint density at radius 1 is 1.04 bits per heavy atom. The number of aryl methyl sites for hydroxylation is 2. The van der Waals surface area contributed by atoms with E-state index in [1.54, 1.807) is 0 Å². The van der Waals surface area contributed by atoms with Crippen LogP contribution in [0.25, 0.3) is 0 Å². The van der Waals surface area contributed by atoms with Crippen molar-refractivity contribution in [1.29, 1.82) is 0 Å². The summed E-state index contributed by atoms with van der Waals surface area (Å²) in [5.74, 6) is 1.61. The van der Waals surface area contributed by atoms with Gasteiger partial charge in [-0.05, 0) is 65.6 Å². The first-order valence-corrected chi connectivity index (χ1v) is 8.84. The number of benzene rings is 2. The molecule has 0 saturated heterocycles. The summed E-state index contributed by atoms with van der Waals surface area (Å²) in [6.45, 7) is 9.04. The van der Waals surface area contributed by atoms with Crippen LogP contribution in [-0.2, 0) is 0 Å². The number of carbonyl (C=O) groups is 1. The zero-order valence-corrected chi connectivity index (χ0v) is 16.1. The molecule has 5 heteroatoms. The van der Waals surface area contributed by atoms with Crippen molar-refractivity contribution >= 4 is 19.4 Å². The average Bonchev–Trinajstić information content (AvgIpc) is 2.49. The predicted molar refractivity (Wildman–Crippen MR) is 98.1 cm³/mol. The van der Waals surface area contributed by atoms with Crippen molar-refractivity contribution in [2.24, 2.45) is 0 Å². The SMILES string of the molecule is CCOc1cc(C)c(C(=O)Pc2ccccc2OCC)c(C)c1.[H-].[Li+]. The molecule has 1 atom stereocenters. The van der Waals surface area contributed by atoms with Crippen LogP contribution < -0.4 is 33.6 Å². The van der Waals surface area contributed by atoms with Gasteiger partial charge in [0.1, 0.15) is 11.5 Å². The van der Waals surface area contributed by atoms with Crippen LogP contribution in [0.3, 0.4) is 0 Å². The molecule has 0 fully saturated rings. The Balaban J connectivity index is 0.00000288. The van der Waals surface area contributed by atoms with Gasteiger partial charge in [-0.15, -0.1) is 0 Å². The van der Waals surface area contributed by atoms with E-state index in [1.807, 2.05) is 64.1 Å². The van der Waals surface area contributed by atoms with Gasteiger partial charge in [-0.25, -0.2) is 0 Å². The summed E-state index contributed by atoms with van der Waals surface area (Å²) < 4.78 is 11.2. The monoisotopic (exact) mass is 338 g/mol. The van der Waals surface area contributed by atoms with E-state index in [2.05, 4.69) is 0 Å². The van der Waals surface area contributed by atoms with Crippen molar-refractivity contribution in [3.8, 4) is 11.5 Å². The third-order valence-electron chi connectivity index (χ3n) is 3.48. The van der Waals surface area contributed by atoms with E-state index in [1.165, 1.54) is 0 Å². The zero-order chi connectivity index (χ0) is 16.8. The van der Waals surface area contributed by atoms with Crippen LogP contribution in [0, 0.1) is 13.8 Å². The molecule has 124 valence electrons. The Morgan fingerprint density at radius 3 is 2.21 bits per heavy atom. The van der Waals surface area contributed by atoms with Crippen LogP contribution in [0.2, 0.25) is 0 Å². The maximum absolute atomic E-state index is 12.8. The molecule has 2 rings (SSSR count). The first-order chi connectivity index (χ1) is 11.1. The van der Waals surface area contributed by atoms with Gasteiger partial charge in [0.05, 0.1) is 13.2 Å². The zero-order valence-electron chi connectivity index (χ0n) is 16.1. The largest absolute Gasteiger partial charge is 1.00 e. The van der Waals surface area contributed by atoms with Gasteiger partial charge in [0, 0.05) is 10.9 Å². The Morgan fingerprint density at radius 2 is 1.62 bits per heavy atom. The summed E-state index contributed by atoms with van der Waals surface area (Å²) in [6, 6.07) is 11.6. The van der Waals surface area contributed by atoms with Crippen LogP contribution in [0.15, 0.2) is 36.4 Å². The van der Waals surface area contributed by atoms with Crippen LogP contribution >= 0.6 is 8.58 Å². The standard InChI is InChI=1S/C19H23O3P.Li.H/c1-5-21-15-11-13(3)18(14(4)12-15)19(20)23-17-10-8-7-9-16(17)22-6-2;;/h7-12,23H,5-6H2,1-4H3;;/q;+1;-1. The predicted octanol–water partition coefficient (Wildman–Crippen LogP) is 1.36. The minimum absolute atomic E-state index is 0. The molecule has 0 aromatic heterocycles. The quantitative estimate of drug-likeness (QED) is 0.565. The average molecular weight is 338 g/mol. The fourth-order valence-corrected chi connectivity index (χ4v) is 3.79. The van der Waals surface area contributed by atoms with E-state index in [4.69, 9.17) is 9.47 Å². The van der Waals surface area contributed by atoms with Gasteiger partial charge in [-0.3, -0.25) is 4.79 Å². The summed E-state index contributed by atoms with van der Waals surface area (Å²) in [6.07, 6.45) is 0. The molecule has 0 aliphatic heterocycles. The number of hydrogen-bond acceptors (Lipinski definition) is 3. The summed E-state index contributed by atoms with van der Waals surface area (Å²) in [4.78, 5) is 12.8. The van der Waals surface area contributed by atoms with Crippen LogP contribution in [0.4, 0.5) is 0 Å². The van der Waals surface area contributed by atoms with Gasteiger partial charge < -0.3 is 10.9 Å². The maximum atomic E-state index is 12.8. The third-order valence-corrected chi connectivity index (χ3v) is 4.64. The second kappa shape index (κ2) is 9.89. The van der Waals surface area contributed by atoms with Crippen LogP contribution in [0.1, 0.15) is 36.8 Å². The van der Waals surface area contributed by atoms with E-state index in [0.717, 1.165) is 33.5 Å². The number of rotatable bonds is 7. The summed E-state index contributed by atoms with van der Waals surface area (Å²) in [7, 11) is 0.0501. The van der Waals surface area contributed by atoms with E-state index in [0.29, 0.717) is 13.2 Å². The van der Waals surface area contributed by atoms with Crippen LogP contribution in [-0.4, -0.2) is 18.7 Å². The first kappa shape index (κ1) is 20.8. The molecule has 1 unspecified atom stereocenters. The van der Waals surface area contributed by atoms with Gasteiger partial charge in [-0.1, -0.05) is 18.2 Å². The molecule has 0 aliphatic carbocycles. The van der Waals surface area contributed by atoms with E-state index < -0.39 is 0 Å². The number of carbonyl (C=O) groups excluding carboxylic acids is 1. The number of hydrogen-bond donors (Lipinski definition) is 0. The molecule has 0 N–H and O–H groups in total. The fraction of sp³-hybridized carbons (Fsp3) is 0.316. The van der Waals surface area contributed by atoms with Crippen LogP contribution in [0.5, 0.6) is 11.5 Å². The van der Waals surface area contributed by atoms with Crippen molar-refractivity contribution in [3.05, 3.63) is 53.1 Å². The topological polar surface area (TPSA) is 35.5 Å². The molecule has 0 heterocycles. The second-order valence-electron chi connectivity index (χ2n) is 5.25. The molecule has 3 nitrogen and oxygen atoms in total. The molecule has 0 saturated carbocycles. The molecule has 0 aliphatic rings. The Kier molecular flexibility index (Phi) is 8.57. The fourth-order valence-electron chi connectivity index (χ4n) is 2.57. The number of ether oxygens (including phenoxy) is 2. The normalized spacial score (nSPS) is 10.5. The molecule has 2 aromatic rings. The van der Waals surface area contributed by atoms with Crippen molar-refractivity contribution in [3.63, 3.8) is 0 Å². The molecule has 24 heavy (non-hydrogen) atoms. The Hall–Kier alpha value is -1.26.